The molecular formula is C16H25N5O4. The fourth-order valence-corrected chi connectivity index (χ4v) is 2.88. The maximum atomic E-state index is 9.92. The first-order valence-electron chi connectivity index (χ1n) is 8.43. The molecule has 3 heterocycles. The SMILES string of the molecule is CC(C)(O)CCn1cnc2c(N3CCO[C@H]([C@@H](O)CO)C3)ncnc21. The average molecular weight is 351 g/mol. The van der Waals surface area contributed by atoms with E-state index in [1.165, 1.54) is 6.33 Å². The van der Waals surface area contributed by atoms with E-state index in [4.69, 9.17) is 9.84 Å². The lowest BCUT2D eigenvalue weighted by atomic mass is 10.1. The van der Waals surface area contributed by atoms with Crippen molar-refractivity contribution in [2.24, 2.45) is 0 Å². The maximum absolute atomic E-state index is 9.92. The van der Waals surface area contributed by atoms with Crippen molar-refractivity contribution in [3.8, 4) is 0 Å². The van der Waals surface area contributed by atoms with Crippen molar-refractivity contribution in [3.63, 3.8) is 0 Å². The number of nitrogens with zero attached hydrogens (tertiary/aromatic N) is 5. The molecule has 2 aromatic heterocycles. The number of hydrogen-bond acceptors (Lipinski definition) is 8. The van der Waals surface area contributed by atoms with Gasteiger partial charge in [0.1, 0.15) is 18.5 Å². The summed E-state index contributed by atoms with van der Waals surface area (Å²) in [5, 5.41) is 28.9. The number of morpholine rings is 1. The van der Waals surface area contributed by atoms with Gasteiger partial charge in [0, 0.05) is 19.6 Å². The van der Waals surface area contributed by atoms with Crippen LogP contribution >= 0.6 is 0 Å². The monoisotopic (exact) mass is 351 g/mol. The number of aliphatic hydroxyl groups is 3. The zero-order valence-corrected chi connectivity index (χ0v) is 14.5. The third-order valence-electron chi connectivity index (χ3n) is 4.36. The fourth-order valence-electron chi connectivity index (χ4n) is 2.88. The van der Waals surface area contributed by atoms with E-state index in [9.17, 15) is 10.2 Å². The molecule has 1 aliphatic heterocycles. The highest BCUT2D eigenvalue weighted by Crippen LogP contribution is 2.24. The van der Waals surface area contributed by atoms with E-state index < -0.39 is 17.8 Å². The van der Waals surface area contributed by atoms with Gasteiger partial charge in [-0.2, -0.15) is 0 Å². The lowest BCUT2D eigenvalue weighted by Crippen LogP contribution is -2.49. The second kappa shape index (κ2) is 7.20. The first-order chi connectivity index (χ1) is 11.9. The van der Waals surface area contributed by atoms with Gasteiger partial charge in [-0.1, -0.05) is 0 Å². The second-order valence-electron chi connectivity index (χ2n) is 6.98. The topological polar surface area (TPSA) is 117 Å². The van der Waals surface area contributed by atoms with Crippen LogP contribution in [0.5, 0.6) is 0 Å². The van der Waals surface area contributed by atoms with Crippen LogP contribution in [0.3, 0.4) is 0 Å². The smallest absolute Gasteiger partial charge is 0.165 e. The number of anilines is 1. The van der Waals surface area contributed by atoms with Crippen molar-refractivity contribution in [1.29, 1.82) is 0 Å². The third kappa shape index (κ3) is 4.06. The van der Waals surface area contributed by atoms with Gasteiger partial charge in [-0.3, -0.25) is 0 Å². The Labute approximate surface area is 145 Å². The van der Waals surface area contributed by atoms with Crippen molar-refractivity contribution < 1.29 is 20.1 Å². The Morgan fingerprint density at radius 3 is 2.88 bits per heavy atom. The van der Waals surface area contributed by atoms with Crippen LogP contribution in [-0.4, -0.2) is 79.0 Å². The summed E-state index contributed by atoms with van der Waals surface area (Å²) in [5.41, 5.74) is 0.627. The molecule has 3 N–H and O–H groups in total. The summed E-state index contributed by atoms with van der Waals surface area (Å²) in [6.07, 6.45) is 2.38. The van der Waals surface area contributed by atoms with Gasteiger partial charge in [0.2, 0.25) is 0 Å². The molecule has 9 nitrogen and oxygen atoms in total. The summed E-state index contributed by atoms with van der Waals surface area (Å²) < 4.78 is 7.43. The fraction of sp³-hybridized carbons (Fsp3) is 0.688. The summed E-state index contributed by atoms with van der Waals surface area (Å²) in [6, 6.07) is 0. The molecule has 2 aromatic rings. The molecule has 1 saturated heterocycles. The Hall–Kier alpha value is -1.81. The Morgan fingerprint density at radius 1 is 1.36 bits per heavy atom. The number of aromatic nitrogens is 4. The lowest BCUT2D eigenvalue weighted by molar-refractivity contribution is -0.0632. The average Bonchev–Trinajstić information content (AvgIpc) is 3.02. The van der Waals surface area contributed by atoms with Crippen LogP contribution in [0.15, 0.2) is 12.7 Å². The van der Waals surface area contributed by atoms with Gasteiger partial charge < -0.3 is 29.5 Å². The van der Waals surface area contributed by atoms with Gasteiger partial charge in [0.25, 0.3) is 0 Å². The van der Waals surface area contributed by atoms with Gasteiger partial charge in [0.05, 0.1) is 25.1 Å². The molecule has 9 heteroatoms. The molecule has 0 aromatic carbocycles. The predicted molar refractivity (Wildman–Crippen MR) is 91.3 cm³/mol. The molecule has 1 fully saturated rings. The van der Waals surface area contributed by atoms with Gasteiger partial charge in [0.15, 0.2) is 17.0 Å². The molecule has 0 radical (unpaired) electrons. The molecule has 0 unspecified atom stereocenters. The Kier molecular flexibility index (Phi) is 5.19. The van der Waals surface area contributed by atoms with Crippen LogP contribution < -0.4 is 4.90 Å². The number of aryl methyl sites for hydroxylation is 1. The number of rotatable bonds is 6. The Balaban J connectivity index is 1.84. The number of imidazole rings is 1. The summed E-state index contributed by atoms with van der Waals surface area (Å²) in [4.78, 5) is 15.1. The molecular weight excluding hydrogens is 326 g/mol. The van der Waals surface area contributed by atoms with Crippen LogP contribution in [0.25, 0.3) is 11.2 Å². The van der Waals surface area contributed by atoms with E-state index in [2.05, 4.69) is 15.0 Å². The molecule has 25 heavy (non-hydrogen) atoms. The van der Waals surface area contributed by atoms with E-state index in [-0.39, 0.29) is 6.61 Å². The van der Waals surface area contributed by atoms with Gasteiger partial charge in [-0.15, -0.1) is 0 Å². The second-order valence-corrected chi connectivity index (χ2v) is 6.98. The van der Waals surface area contributed by atoms with Crippen molar-refractivity contribution in [1.82, 2.24) is 19.5 Å². The van der Waals surface area contributed by atoms with Crippen LogP contribution in [0.2, 0.25) is 0 Å². The van der Waals surface area contributed by atoms with Crippen molar-refractivity contribution in [2.75, 3.05) is 31.2 Å². The van der Waals surface area contributed by atoms with Gasteiger partial charge in [-0.05, 0) is 20.3 Å². The van der Waals surface area contributed by atoms with E-state index >= 15 is 0 Å². The highest BCUT2D eigenvalue weighted by atomic mass is 16.5. The zero-order valence-electron chi connectivity index (χ0n) is 14.5. The van der Waals surface area contributed by atoms with Crippen LogP contribution in [0.1, 0.15) is 20.3 Å². The standard InChI is InChI=1S/C16H25N5O4/c1-16(2,24)3-4-21-10-19-13-14(17-9-18-15(13)21)20-5-6-25-12(7-20)11(23)8-22/h9-12,22-24H,3-8H2,1-2H3/t11-,12-/m0/s1. The maximum Gasteiger partial charge on any atom is 0.165 e. The molecule has 0 saturated carbocycles. The first kappa shape index (κ1) is 18.0. The molecule has 0 amide bonds. The van der Waals surface area contributed by atoms with Crippen molar-refractivity contribution in [3.05, 3.63) is 12.7 Å². The summed E-state index contributed by atoms with van der Waals surface area (Å²) in [7, 11) is 0. The predicted octanol–water partition coefficient (Wildman–Crippen LogP) is -0.454. The minimum atomic E-state index is -0.926. The minimum Gasteiger partial charge on any atom is -0.394 e. The summed E-state index contributed by atoms with van der Waals surface area (Å²) in [6.45, 7) is 5.28. The summed E-state index contributed by atoms with van der Waals surface area (Å²) >= 11 is 0. The Bertz CT molecular complexity index is 714. The van der Waals surface area contributed by atoms with Gasteiger partial charge in [-0.25, -0.2) is 15.0 Å². The summed E-state index contributed by atoms with van der Waals surface area (Å²) in [5.74, 6) is 0.686. The molecule has 2 atom stereocenters. The molecule has 0 bridgehead atoms. The number of aliphatic hydroxyl groups excluding tert-OH is 2. The largest absolute Gasteiger partial charge is 0.394 e. The number of fused-ring (bicyclic) bond motifs is 1. The highest BCUT2D eigenvalue weighted by Gasteiger charge is 2.28. The number of hydrogen-bond donors (Lipinski definition) is 3. The van der Waals surface area contributed by atoms with Crippen LogP contribution in [-0.2, 0) is 11.3 Å². The van der Waals surface area contributed by atoms with Crippen molar-refractivity contribution in [2.45, 2.75) is 44.6 Å². The lowest BCUT2D eigenvalue weighted by Gasteiger charge is -2.35. The van der Waals surface area contributed by atoms with E-state index in [1.54, 1.807) is 20.2 Å². The Morgan fingerprint density at radius 2 is 2.16 bits per heavy atom. The van der Waals surface area contributed by atoms with Gasteiger partial charge >= 0.3 is 0 Å². The quantitative estimate of drug-likeness (QED) is 0.640. The molecule has 3 rings (SSSR count). The molecule has 1 aliphatic rings. The van der Waals surface area contributed by atoms with E-state index in [0.717, 1.165) is 0 Å². The van der Waals surface area contributed by atoms with E-state index in [1.807, 2.05) is 9.47 Å². The third-order valence-corrected chi connectivity index (χ3v) is 4.36. The van der Waals surface area contributed by atoms with Crippen LogP contribution in [0.4, 0.5) is 5.82 Å². The zero-order chi connectivity index (χ0) is 18.0. The molecule has 0 spiro atoms. The van der Waals surface area contributed by atoms with E-state index in [0.29, 0.717) is 49.6 Å². The normalized spacial score (nSPS) is 20.2. The highest BCUT2D eigenvalue weighted by molar-refractivity contribution is 5.83. The molecule has 0 aliphatic carbocycles. The van der Waals surface area contributed by atoms with Crippen molar-refractivity contribution >= 4 is 17.0 Å². The number of ether oxygens (including phenoxy) is 1. The minimum absolute atomic E-state index is 0.344. The van der Waals surface area contributed by atoms with Crippen LogP contribution in [0, 0.1) is 0 Å². The molecule has 138 valence electrons. The first-order valence-corrected chi connectivity index (χ1v) is 8.43.